The summed E-state index contributed by atoms with van der Waals surface area (Å²) >= 11 is 1.54. The number of ether oxygens (including phenoxy) is 1. The van der Waals surface area contributed by atoms with Crippen molar-refractivity contribution >= 4 is 11.8 Å². The van der Waals surface area contributed by atoms with Gasteiger partial charge in [-0.2, -0.15) is 0 Å². The van der Waals surface area contributed by atoms with E-state index in [1.807, 2.05) is 55.5 Å². The van der Waals surface area contributed by atoms with Crippen LogP contribution in [0.3, 0.4) is 0 Å². The lowest BCUT2D eigenvalue weighted by atomic mass is 10.2. The Labute approximate surface area is 140 Å². The highest BCUT2D eigenvalue weighted by Crippen LogP contribution is 2.31. The summed E-state index contributed by atoms with van der Waals surface area (Å²) in [5, 5.41) is 0. The molecule has 1 nitrogen and oxygen atoms in total. The quantitative estimate of drug-likeness (QED) is 0.581. The summed E-state index contributed by atoms with van der Waals surface area (Å²) in [6.45, 7) is 2.41. The molecule has 0 aliphatic heterocycles. The van der Waals surface area contributed by atoms with Crippen molar-refractivity contribution in [2.75, 3.05) is 0 Å². The normalized spacial score (nSPS) is 10.5. The molecular formula is C20H17FOS. The van der Waals surface area contributed by atoms with Gasteiger partial charge in [0.15, 0.2) is 11.6 Å². The van der Waals surface area contributed by atoms with E-state index < -0.39 is 0 Å². The van der Waals surface area contributed by atoms with Crippen LogP contribution in [0.1, 0.15) is 11.1 Å². The Hall–Kier alpha value is -2.26. The molecule has 0 amide bonds. The largest absolute Gasteiger partial charge is 0.486 e. The van der Waals surface area contributed by atoms with Crippen LogP contribution in [0.25, 0.3) is 0 Å². The number of hydrogen-bond acceptors (Lipinski definition) is 2. The van der Waals surface area contributed by atoms with Crippen molar-refractivity contribution in [3.8, 4) is 5.75 Å². The molecule has 0 saturated carbocycles. The van der Waals surface area contributed by atoms with Crippen molar-refractivity contribution in [3.63, 3.8) is 0 Å². The van der Waals surface area contributed by atoms with E-state index in [-0.39, 0.29) is 11.6 Å². The van der Waals surface area contributed by atoms with Gasteiger partial charge in [0, 0.05) is 9.79 Å². The third-order valence-corrected chi connectivity index (χ3v) is 4.39. The molecular weight excluding hydrogens is 307 g/mol. The Morgan fingerprint density at radius 2 is 1.57 bits per heavy atom. The predicted octanol–water partition coefficient (Wildman–Crippen LogP) is 5.86. The SMILES string of the molecule is Cc1ccc(Sc2ccc(OCc3ccccc3)c(F)c2)cc1. The summed E-state index contributed by atoms with van der Waals surface area (Å²) in [6.07, 6.45) is 0. The zero-order valence-corrected chi connectivity index (χ0v) is 13.6. The molecule has 0 unspecified atom stereocenters. The van der Waals surface area contributed by atoms with Crippen LogP contribution in [-0.2, 0) is 6.61 Å². The predicted molar refractivity (Wildman–Crippen MR) is 92.5 cm³/mol. The van der Waals surface area contributed by atoms with Crippen LogP contribution in [-0.4, -0.2) is 0 Å². The molecule has 0 aliphatic rings. The average Bonchev–Trinajstić information content (AvgIpc) is 2.57. The molecule has 0 N–H and O–H groups in total. The Morgan fingerprint density at radius 3 is 2.26 bits per heavy atom. The molecule has 0 heterocycles. The minimum absolute atomic E-state index is 0.280. The average molecular weight is 324 g/mol. The van der Waals surface area contributed by atoms with Crippen molar-refractivity contribution < 1.29 is 9.13 Å². The highest BCUT2D eigenvalue weighted by atomic mass is 32.2. The first kappa shape index (κ1) is 15.6. The third-order valence-electron chi connectivity index (χ3n) is 3.40. The van der Waals surface area contributed by atoms with Crippen LogP contribution in [0.2, 0.25) is 0 Å². The lowest BCUT2D eigenvalue weighted by Gasteiger charge is -2.09. The lowest BCUT2D eigenvalue weighted by molar-refractivity contribution is 0.290. The molecule has 3 aromatic rings. The zero-order chi connectivity index (χ0) is 16.1. The monoisotopic (exact) mass is 324 g/mol. The summed E-state index contributed by atoms with van der Waals surface area (Å²) in [6, 6.07) is 23.0. The van der Waals surface area contributed by atoms with Crippen LogP contribution in [0.4, 0.5) is 4.39 Å². The molecule has 3 heteroatoms. The fourth-order valence-electron chi connectivity index (χ4n) is 2.14. The Morgan fingerprint density at radius 1 is 0.870 bits per heavy atom. The van der Waals surface area contributed by atoms with Crippen LogP contribution in [0, 0.1) is 12.7 Å². The van der Waals surface area contributed by atoms with Crippen LogP contribution in [0.15, 0.2) is 82.6 Å². The molecule has 0 radical (unpaired) electrons. The molecule has 3 rings (SSSR count). The van der Waals surface area contributed by atoms with Crippen molar-refractivity contribution in [2.45, 2.75) is 23.3 Å². The van der Waals surface area contributed by atoms with E-state index in [1.165, 1.54) is 23.4 Å². The van der Waals surface area contributed by atoms with Gasteiger partial charge in [0.2, 0.25) is 0 Å². The molecule has 0 fully saturated rings. The molecule has 0 aliphatic carbocycles. The van der Waals surface area contributed by atoms with Gasteiger partial charge >= 0.3 is 0 Å². The van der Waals surface area contributed by atoms with Crippen molar-refractivity contribution in [3.05, 3.63) is 89.7 Å². The van der Waals surface area contributed by atoms with E-state index in [2.05, 4.69) is 12.1 Å². The lowest BCUT2D eigenvalue weighted by Crippen LogP contribution is -1.97. The molecule has 0 saturated heterocycles. The summed E-state index contributed by atoms with van der Waals surface area (Å²) in [5.74, 6) is -0.0554. The summed E-state index contributed by atoms with van der Waals surface area (Å²) in [4.78, 5) is 1.95. The Balaban J connectivity index is 1.66. The first-order valence-electron chi connectivity index (χ1n) is 7.41. The minimum atomic E-state index is -0.335. The topological polar surface area (TPSA) is 9.23 Å². The van der Waals surface area contributed by atoms with Gasteiger partial charge in [0.25, 0.3) is 0 Å². The summed E-state index contributed by atoms with van der Waals surface area (Å²) < 4.78 is 19.7. The summed E-state index contributed by atoms with van der Waals surface area (Å²) in [7, 11) is 0. The fraction of sp³-hybridized carbons (Fsp3) is 0.100. The van der Waals surface area contributed by atoms with Gasteiger partial charge in [-0.1, -0.05) is 59.8 Å². The van der Waals surface area contributed by atoms with Gasteiger partial charge in [-0.05, 0) is 42.8 Å². The molecule has 0 spiro atoms. The van der Waals surface area contributed by atoms with Crippen LogP contribution >= 0.6 is 11.8 Å². The highest BCUT2D eigenvalue weighted by Gasteiger charge is 2.06. The van der Waals surface area contributed by atoms with E-state index in [0.29, 0.717) is 6.61 Å². The molecule has 3 aromatic carbocycles. The van der Waals surface area contributed by atoms with Crippen molar-refractivity contribution in [1.29, 1.82) is 0 Å². The number of hydrogen-bond donors (Lipinski definition) is 0. The number of halogens is 1. The molecule has 0 bridgehead atoms. The zero-order valence-electron chi connectivity index (χ0n) is 12.8. The van der Waals surface area contributed by atoms with Crippen LogP contribution < -0.4 is 4.74 Å². The van der Waals surface area contributed by atoms with E-state index in [9.17, 15) is 4.39 Å². The number of aryl methyl sites for hydroxylation is 1. The minimum Gasteiger partial charge on any atom is -0.486 e. The Kier molecular flexibility index (Phi) is 4.99. The first-order chi connectivity index (χ1) is 11.2. The molecule has 23 heavy (non-hydrogen) atoms. The van der Waals surface area contributed by atoms with Gasteiger partial charge < -0.3 is 4.74 Å². The number of rotatable bonds is 5. The maximum atomic E-state index is 14.2. The molecule has 0 atom stereocenters. The van der Waals surface area contributed by atoms with Gasteiger partial charge in [-0.3, -0.25) is 0 Å². The second-order valence-corrected chi connectivity index (χ2v) is 6.43. The second-order valence-electron chi connectivity index (χ2n) is 5.28. The van der Waals surface area contributed by atoms with E-state index in [1.54, 1.807) is 6.07 Å². The van der Waals surface area contributed by atoms with E-state index >= 15 is 0 Å². The third kappa shape index (κ3) is 4.36. The van der Waals surface area contributed by atoms with E-state index in [0.717, 1.165) is 15.4 Å². The van der Waals surface area contributed by atoms with Gasteiger partial charge in [-0.15, -0.1) is 0 Å². The fourth-order valence-corrected chi connectivity index (χ4v) is 2.98. The molecule has 0 aromatic heterocycles. The Bertz CT molecular complexity index is 769. The van der Waals surface area contributed by atoms with Gasteiger partial charge in [-0.25, -0.2) is 4.39 Å². The maximum absolute atomic E-state index is 14.2. The smallest absolute Gasteiger partial charge is 0.166 e. The first-order valence-corrected chi connectivity index (χ1v) is 8.23. The molecule has 116 valence electrons. The second kappa shape index (κ2) is 7.34. The summed E-state index contributed by atoms with van der Waals surface area (Å²) in [5.41, 5.74) is 2.23. The standard InChI is InChI=1S/C20H17FOS/c1-15-7-9-17(10-8-15)23-18-11-12-20(19(21)13-18)22-14-16-5-3-2-4-6-16/h2-13H,14H2,1H3. The van der Waals surface area contributed by atoms with Crippen molar-refractivity contribution in [2.24, 2.45) is 0 Å². The van der Waals surface area contributed by atoms with Gasteiger partial charge in [0.05, 0.1) is 0 Å². The van der Waals surface area contributed by atoms with Crippen LogP contribution in [0.5, 0.6) is 5.75 Å². The van der Waals surface area contributed by atoms with E-state index in [4.69, 9.17) is 4.74 Å². The van der Waals surface area contributed by atoms with Crippen molar-refractivity contribution in [1.82, 2.24) is 0 Å². The number of benzene rings is 3. The maximum Gasteiger partial charge on any atom is 0.166 e. The highest BCUT2D eigenvalue weighted by molar-refractivity contribution is 7.99. The van der Waals surface area contributed by atoms with Gasteiger partial charge in [0.1, 0.15) is 6.61 Å².